The van der Waals surface area contributed by atoms with Gasteiger partial charge in [0.25, 0.3) is 0 Å². The summed E-state index contributed by atoms with van der Waals surface area (Å²) in [6, 6.07) is 12.3. The van der Waals surface area contributed by atoms with Crippen molar-refractivity contribution >= 4 is 17.5 Å². The van der Waals surface area contributed by atoms with E-state index in [1.807, 2.05) is 31.2 Å². The first-order valence-electron chi connectivity index (χ1n) is 6.93. The number of aryl methyl sites for hydroxylation is 1. The molecule has 116 valence electrons. The number of pyridine rings is 1. The molecule has 3 rings (SSSR count). The lowest BCUT2D eigenvalue weighted by molar-refractivity contribution is 0.0591. The number of esters is 1. The molecule has 0 aliphatic carbocycles. The molecule has 0 spiro atoms. The van der Waals surface area contributed by atoms with Crippen molar-refractivity contribution in [3.05, 3.63) is 59.4 Å². The molecule has 0 atom stereocenters. The largest absolute Gasteiger partial charge is 0.476 e. The highest BCUT2D eigenvalue weighted by Gasteiger charge is 2.22. The Bertz CT molecular complexity index is 927. The van der Waals surface area contributed by atoms with Crippen LogP contribution in [-0.2, 0) is 4.74 Å². The molecule has 0 unspecified atom stereocenters. The van der Waals surface area contributed by atoms with Crippen molar-refractivity contribution in [2.75, 3.05) is 7.11 Å². The van der Waals surface area contributed by atoms with Gasteiger partial charge in [-0.05, 0) is 24.6 Å². The van der Waals surface area contributed by atoms with Crippen LogP contribution < -0.4 is 0 Å². The van der Waals surface area contributed by atoms with Crippen LogP contribution in [-0.4, -0.2) is 33.5 Å². The Hall–Kier alpha value is -3.15. The highest BCUT2D eigenvalue weighted by Crippen LogP contribution is 2.27. The molecule has 2 heterocycles. The van der Waals surface area contributed by atoms with Crippen molar-refractivity contribution in [2.24, 2.45) is 0 Å². The van der Waals surface area contributed by atoms with E-state index in [0.29, 0.717) is 11.3 Å². The Morgan fingerprint density at radius 2 is 1.87 bits per heavy atom. The van der Waals surface area contributed by atoms with Crippen molar-refractivity contribution in [3.63, 3.8) is 0 Å². The van der Waals surface area contributed by atoms with Gasteiger partial charge in [0.2, 0.25) is 0 Å². The van der Waals surface area contributed by atoms with Crippen LogP contribution in [0.15, 0.2) is 42.5 Å². The molecule has 0 aliphatic heterocycles. The number of fused-ring (bicyclic) bond motifs is 1. The SMILES string of the molecule is COC(=O)c1cccc2c(C(=O)O)nc(-c3ccccc3C)n12. The molecule has 0 amide bonds. The average molecular weight is 310 g/mol. The molecular weight excluding hydrogens is 296 g/mol. The maximum atomic E-state index is 12.1. The Labute approximate surface area is 132 Å². The number of carboxylic acid groups (broad SMARTS) is 1. The molecule has 0 saturated heterocycles. The number of hydrogen-bond acceptors (Lipinski definition) is 4. The fourth-order valence-corrected chi connectivity index (χ4v) is 2.56. The number of carbonyl (C=O) groups excluding carboxylic acids is 1. The third-order valence-electron chi connectivity index (χ3n) is 3.65. The van der Waals surface area contributed by atoms with Gasteiger partial charge in [-0.3, -0.25) is 4.40 Å². The van der Waals surface area contributed by atoms with Gasteiger partial charge >= 0.3 is 11.9 Å². The Balaban J connectivity index is 2.44. The molecule has 1 N–H and O–H groups in total. The van der Waals surface area contributed by atoms with Gasteiger partial charge in [0.05, 0.1) is 12.6 Å². The van der Waals surface area contributed by atoms with E-state index in [4.69, 9.17) is 4.74 Å². The van der Waals surface area contributed by atoms with Crippen molar-refractivity contribution < 1.29 is 19.4 Å². The van der Waals surface area contributed by atoms with E-state index in [2.05, 4.69) is 4.98 Å². The molecule has 23 heavy (non-hydrogen) atoms. The van der Waals surface area contributed by atoms with E-state index < -0.39 is 11.9 Å². The van der Waals surface area contributed by atoms with E-state index in [9.17, 15) is 14.7 Å². The number of carbonyl (C=O) groups is 2. The second-order valence-electron chi connectivity index (χ2n) is 5.03. The molecule has 6 heteroatoms. The average Bonchev–Trinajstić information content (AvgIpc) is 2.94. The Morgan fingerprint density at radius 1 is 1.13 bits per heavy atom. The number of methoxy groups -OCH3 is 1. The molecule has 0 radical (unpaired) electrons. The van der Waals surface area contributed by atoms with Gasteiger partial charge in [-0.2, -0.15) is 0 Å². The lowest BCUT2D eigenvalue weighted by Gasteiger charge is -2.08. The highest BCUT2D eigenvalue weighted by molar-refractivity contribution is 5.97. The third-order valence-corrected chi connectivity index (χ3v) is 3.65. The summed E-state index contributed by atoms with van der Waals surface area (Å²) in [6.07, 6.45) is 0. The van der Waals surface area contributed by atoms with Gasteiger partial charge < -0.3 is 9.84 Å². The van der Waals surface area contributed by atoms with E-state index in [0.717, 1.165) is 11.1 Å². The number of hydrogen-bond donors (Lipinski definition) is 1. The molecule has 1 aromatic carbocycles. The minimum absolute atomic E-state index is 0.103. The lowest BCUT2D eigenvalue weighted by Crippen LogP contribution is -2.09. The summed E-state index contributed by atoms with van der Waals surface area (Å²) in [5, 5.41) is 9.41. The van der Waals surface area contributed by atoms with Gasteiger partial charge in [-0.25, -0.2) is 14.6 Å². The van der Waals surface area contributed by atoms with Crippen LogP contribution in [0.1, 0.15) is 26.5 Å². The summed E-state index contributed by atoms with van der Waals surface area (Å²) in [6.45, 7) is 1.90. The van der Waals surface area contributed by atoms with E-state index in [1.54, 1.807) is 18.2 Å². The first kappa shape index (κ1) is 14.8. The third kappa shape index (κ3) is 2.34. The monoisotopic (exact) mass is 310 g/mol. The van der Waals surface area contributed by atoms with Gasteiger partial charge in [0, 0.05) is 5.56 Å². The number of ether oxygens (including phenoxy) is 1. The number of rotatable bonds is 3. The summed E-state index contributed by atoms with van der Waals surface area (Å²) in [4.78, 5) is 27.8. The van der Waals surface area contributed by atoms with Crippen LogP contribution in [0.25, 0.3) is 16.9 Å². The second kappa shape index (κ2) is 5.57. The fraction of sp³-hybridized carbons (Fsp3) is 0.118. The smallest absolute Gasteiger partial charge is 0.356 e. The second-order valence-corrected chi connectivity index (χ2v) is 5.03. The van der Waals surface area contributed by atoms with Crippen LogP contribution in [0.4, 0.5) is 0 Å². The Morgan fingerprint density at radius 3 is 2.52 bits per heavy atom. The van der Waals surface area contributed by atoms with Crippen LogP contribution in [0, 0.1) is 6.92 Å². The number of imidazole rings is 1. The van der Waals surface area contributed by atoms with Crippen LogP contribution in [0.3, 0.4) is 0 Å². The summed E-state index contributed by atoms with van der Waals surface area (Å²) in [5.74, 6) is -1.30. The van der Waals surface area contributed by atoms with Crippen LogP contribution in [0.5, 0.6) is 0 Å². The van der Waals surface area contributed by atoms with E-state index in [-0.39, 0.29) is 11.4 Å². The zero-order chi connectivity index (χ0) is 16.6. The van der Waals surface area contributed by atoms with Crippen molar-refractivity contribution in [1.29, 1.82) is 0 Å². The molecule has 3 aromatic rings. The van der Waals surface area contributed by atoms with E-state index in [1.165, 1.54) is 11.5 Å². The van der Waals surface area contributed by atoms with Gasteiger partial charge in [-0.1, -0.05) is 30.3 Å². The zero-order valence-corrected chi connectivity index (χ0v) is 12.6. The quantitative estimate of drug-likeness (QED) is 0.752. The summed E-state index contributed by atoms with van der Waals surface area (Å²) in [7, 11) is 1.28. The fourth-order valence-electron chi connectivity index (χ4n) is 2.56. The normalized spacial score (nSPS) is 10.7. The predicted octanol–water partition coefficient (Wildman–Crippen LogP) is 2.79. The maximum Gasteiger partial charge on any atom is 0.356 e. The lowest BCUT2D eigenvalue weighted by atomic mass is 10.1. The van der Waals surface area contributed by atoms with E-state index >= 15 is 0 Å². The van der Waals surface area contributed by atoms with Crippen molar-refractivity contribution in [3.8, 4) is 11.4 Å². The molecule has 0 saturated carbocycles. The molecule has 0 aliphatic rings. The van der Waals surface area contributed by atoms with Crippen molar-refractivity contribution in [1.82, 2.24) is 9.38 Å². The predicted molar refractivity (Wildman–Crippen MR) is 83.7 cm³/mol. The summed E-state index contributed by atoms with van der Waals surface area (Å²) < 4.78 is 6.33. The first-order valence-corrected chi connectivity index (χ1v) is 6.93. The number of carboxylic acids is 1. The van der Waals surface area contributed by atoms with Gasteiger partial charge in [-0.15, -0.1) is 0 Å². The number of aromatic carboxylic acids is 1. The summed E-state index contributed by atoms with van der Waals surface area (Å²) >= 11 is 0. The first-order chi connectivity index (χ1) is 11.0. The molecule has 0 fully saturated rings. The molecule has 0 bridgehead atoms. The minimum Gasteiger partial charge on any atom is -0.476 e. The minimum atomic E-state index is -1.15. The highest BCUT2D eigenvalue weighted by atomic mass is 16.5. The number of benzene rings is 1. The van der Waals surface area contributed by atoms with Gasteiger partial charge in [0.1, 0.15) is 11.5 Å². The van der Waals surface area contributed by atoms with Crippen LogP contribution >= 0.6 is 0 Å². The molecule has 2 aromatic heterocycles. The topological polar surface area (TPSA) is 80.9 Å². The van der Waals surface area contributed by atoms with Gasteiger partial charge in [0.15, 0.2) is 5.69 Å². The standard InChI is InChI=1S/C17H14N2O4/c1-10-6-3-4-7-11(10)15-18-14(16(20)21)12-8-5-9-13(19(12)15)17(22)23-2/h3-9H,1-2H3,(H,20,21). The zero-order valence-electron chi connectivity index (χ0n) is 12.6. The van der Waals surface area contributed by atoms with Crippen LogP contribution in [0.2, 0.25) is 0 Å². The molecular formula is C17H14N2O4. The molecule has 6 nitrogen and oxygen atoms in total. The maximum absolute atomic E-state index is 12.1. The van der Waals surface area contributed by atoms with Crippen molar-refractivity contribution in [2.45, 2.75) is 6.92 Å². The number of aromatic nitrogens is 2. The number of nitrogens with zero attached hydrogens (tertiary/aromatic N) is 2. The Kier molecular flexibility index (Phi) is 3.57. The summed E-state index contributed by atoms with van der Waals surface area (Å²) in [5.41, 5.74) is 2.15.